The molecule has 0 fully saturated rings. The van der Waals surface area contributed by atoms with Crippen LogP contribution < -0.4 is 10.6 Å². The van der Waals surface area contributed by atoms with Gasteiger partial charge in [-0.15, -0.1) is 0 Å². The summed E-state index contributed by atoms with van der Waals surface area (Å²) >= 11 is 12.5. The topological polar surface area (TPSA) is 96.7 Å². The van der Waals surface area contributed by atoms with Crippen LogP contribution in [0.3, 0.4) is 0 Å². The van der Waals surface area contributed by atoms with E-state index in [1.165, 1.54) is 12.0 Å². The number of urea groups is 1. The number of rotatable bonds is 6. The number of carbonyl (C=O) groups is 2. The quantitative estimate of drug-likeness (QED) is 0.712. The largest absolute Gasteiger partial charge is 0.383 e. The Morgan fingerprint density at radius 2 is 2.14 bits per heavy atom. The maximum Gasteiger partial charge on any atom is 0.322 e. The number of aryl methyl sites for hydroxylation is 1. The van der Waals surface area contributed by atoms with Crippen LogP contribution in [0.4, 0.5) is 10.6 Å². The highest BCUT2D eigenvalue weighted by atomic mass is 35.5. The Balaban J connectivity index is 2.05. The number of carbonyl (C=O) groups excluding carboxylic acids is 2. The smallest absolute Gasteiger partial charge is 0.322 e. The molecule has 1 aromatic heterocycles. The van der Waals surface area contributed by atoms with Gasteiger partial charge in [0.15, 0.2) is 5.82 Å². The SMILES string of the molecule is COCCN1C(=O)N[C@@H](c2cccc(Cl)c2Cl)C(C(=O)Nc2cc(C)on2)=C1C. The van der Waals surface area contributed by atoms with E-state index in [0.717, 1.165) is 0 Å². The first-order valence-electron chi connectivity index (χ1n) is 8.79. The van der Waals surface area contributed by atoms with Crippen molar-refractivity contribution in [1.29, 1.82) is 0 Å². The molecule has 0 saturated heterocycles. The molecule has 0 spiro atoms. The van der Waals surface area contributed by atoms with Crippen molar-refractivity contribution in [1.82, 2.24) is 15.4 Å². The molecule has 8 nitrogen and oxygen atoms in total. The Morgan fingerprint density at radius 1 is 1.38 bits per heavy atom. The first kappa shape index (κ1) is 21.2. The van der Waals surface area contributed by atoms with Crippen LogP contribution in [0.15, 0.2) is 40.1 Å². The van der Waals surface area contributed by atoms with Gasteiger partial charge in [0.05, 0.1) is 34.8 Å². The van der Waals surface area contributed by atoms with E-state index in [4.69, 9.17) is 32.5 Å². The van der Waals surface area contributed by atoms with Gasteiger partial charge in [0, 0.05) is 18.9 Å². The molecule has 0 aliphatic carbocycles. The van der Waals surface area contributed by atoms with E-state index in [1.54, 1.807) is 38.1 Å². The summed E-state index contributed by atoms with van der Waals surface area (Å²) in [4.78, 5) is 27.3. The number of hydrogen-bond acceptors (Lipinski definition) is 5. The fourth-order valence-corrected chi connectivity index (χ4v) is 3.53. The highest BCUT2D eigenvalue weighted by molar-refractivity contribution is 6.42. The van der Waals surface area contributed by atoms with Crippen molar-refractivity contribution in [3.8, 4) is 0 Å². The Hall–Kier alpha value is -2.55. The van der Waals surface area contributed by atoms with E-state index in [9.17, 15) is 9.59 Å². The van der Waals surface area contributed by atoms with E-state index in [2.05, 4.69) is 15.8 Å². The molecule has 3 amide bonds. The summed E-state index contributed by atoms with van der Waals surface area (Å²) in [5.41, 5.74) is 1.30. The molecule has 3 rings (SSSR count). The molecule has 0 bridgehead atoms. The minimum Gasteiger partial charge on any atom is -0.383 e. The van der Waals surface area contributed by atoms with Gasteiger partial charge in [0.25, 0.3) is 5.91 Å². The van der Waals surface area contributed by atoms with E-state index in [0.29, 0.717) is 34.2 Å². The molecule has 2 heterocycles. The van der Waals surface area contributed by atoms with Gasteiger partial charge in [0.1, 0.15) is 5.76 Å². The standard InChI is InChI=1S/C19H20Cl2N4O4/c1-10-9-14(24-29-10)22-18(26)15-11(2)25(7-8-28-3)19(27)23-17(15)12-5-4-6-13(20)16(12)21/h4-6,9,17H,7-8H2,1-3H3,(H,23,27)(H,22,24,26)/t17-/m0/s1. The van der Waals surface area contributed by atoms with Crippen molar-refractivity contribution in [2.45, 2.75) is 19.9 Å². The van der Waals surface area contributed by atoms with E-state index >= 15 is 0 Å². The van der Waals surface area contributed by atoms with Crippen LogP contribution in [0.5, 0.6) is 0 Å². The van der Waals surface area contributed by atoms with Gasteiger partial charge in [-0.2, -0.15) is 0 Å². The number of allylic oxidation sites excluding steroid dienone is 1. The Kier molecular flexibility index (Phi) is 6.46. The lowest BCUT2D eigenvalue weighted by Crippen LogP contribution is -2.49. The third-order valence-electron chi connectivity index (χ3n) is 4.52. The number of hydrogen-bond donors (Lipinski definition) is 2. The number of anilines is 1. The molecular weight excluding hydrogens is 419 g/mol. The molecule has 2 aromatic rings. The summed E-state index contributed by atoms with van der Waals surface area (Å²) in [7, 11) is 1.54. The van der Waals surface area contributed by atoms with Gasteiger partial charge < -0.3 is 19.9 Å². The van der Waals surface area contributed by atoms with Gasteiger partial charge in [0.2, 0.25) is 0 Å². The monoisotopic (exact) mass is 438 g/mol. The van der Waals surface area contributed by atoms with Crippen molar-refractivity contribution >= 4 is 41.0 Å². The summed E-state index contributed by atoms with van der Waals surface area (Å²) in [6.45, 7) is 4.01. The maximum atomic E-state index is 13.2. The van der Waals surface area contributed by atoms with Crippen LogP contribution in [-0.2, 0) is 9.53 Å². The number of halogens is 2. The zero-order valence-corrected chi connectivity index (χ0v) is 17.6. The Bertz CT molecular complexity index is 973. The zero-order valence-electron chi connectivity index (χ0n) is 16.1. The molecule has 10 heteroatoms. The fraction of sp³-hybridized carbons (Fsp3) is 0.316. The van der Waals surface area contributed by atoms with E-state index in [1.807, 2.05) is 0 Å². The van der Waals surface area contributed by atoms with Gasteiger partial charge >= 0.3 is 6.03 Å². The first-order chi connectivity index (χ1) is 13.8. The highest BCUT2D eigenvalue weighted by Gasteiger charge is 2.36. The summed E-state index contributed by atoms with van der Waals surface area (Å²) in [6, 6.07) is 5.50. The number of nitrogens with one attached hydrogen (secondary N) is 2. The Morgan fingerprint density at radius 3 is 2.79 bits per heavy atom. The maximum absolute atomic E-state index is 13.2. The van der Waals surface area contributed by atoms with Gasteiger partial charge in [-0.1, -0.05) is 40.5 Å². The molecule has 2 N–H and O–H groups in total. The molecular formula is C19H20Cl2N4O4. The predicted octanol–water partition coefficient (Wildman–Crippen LogP) is 3.92. The number of aromatic nitrogens is 1. The van der Waals surface area contributed by atoms with Crippen LogP contribution >= 0.6 is 23.2 Å². The number of nitrogens with zero attached hydrogens (tertiary/aromatic N) is 2. The fourth-order valence-electron chi connectivity index (χ4n) is 3.11. The molecule has 1 aliphatic heterocycles. The number of amides is 3. The second-order valence-electron chi connectivity index (χ2n) is 6.45. The minimum absolute atomic E-state index is 0.264. The van der Waals surface area contributed by atoms with Crippen LogP contribution in [0.1, 0.15) is 24.3 Å². The lowest BCUT2D eigenvalue weighted by molar-refractivity contribution is -0.113. The zero-order chi connectivity index (χ0) is 21.1. The summed E-state index contributed by atoms with van der Waals surface area (Å²) in [5.74, 6) is 0.377. The highest BCUT2D eigenvalue weighted by Crippen LogP contribution is 2.37. The average Bonchev–Trinajstić information content (AvgIpc) is 3.08. The first-order valence-corrected chi connectivity index (χ1v) is 9.55. The molecule has 154 valence electrons. The van der Waals surface area contributed by atoms with Crippen LogP contribution in [0.2, 0.25) is 10.0 Å². The van der Waals surface area contributed by atoms with Crippen LogP contribution in [-0.4, -0.2) is 42.3 Å². The lowest BCUT2D eigenvalue weighted by Gasteiger charge is -2.36. The molecule has 0 saturated carbocycles. The molecule has 0 radical (unpaired) electrons. The summed E-state index contributed by atoms with van der Waals surface area (Å²) < 4.78 is 10.1. The van der Waals surface area contributed by atoms with Crippen molar-refractivity contribution in [2.24, 2.45) is 0 Å². The van der Waals surface area contributed by atoms with Crippen LogP contribution in [0.25, 0.3) is 0 Å². The average molecular weight is 439 g/mol. The molecule has 1 atom stereocenters. The lowest BCUT2D eigenvalue weighted by atomic mass is 9.94. The molecule has 29 heavy (non-hydrogen) atoms. The molecule has 0 unspecified atom stereocenters. The normalized spacial score (nSPS) is 16.8. The molecule has 1 aromatic carbocycles. The van der Waals surface area contributed by atoms with Gasteiger partial charge in [-0.05, 0) is 25.5 Å². The second-order valence-corrected chi connectivity index (χ2v) is 7.23. The van der Waals surface area contributed by atoms with Crippen molar-refractivity contribution < 1.29 is 18.8 Å². The van der Waals surface area contributed by atoms with Gasteiger partial charge in [-0.25, -0.2) is 4.79 Å². The van der Waals surface area contributed by atoms with Gasteiger partial charge in [-0.3, -0.25) is 9.69 Å². The minimum atomic E-state index is -0.791. The van der Waals surface area contributed by atoms with E-state index < -0.39 is 11.9 Å². The van der Waals surface area contributed by atoms with Crippen LogP contribution in [0, 0.1) is 6.92 Å². The van der Waals surface area contributed by atoms with E-state index in [-0.39, 0.29) is 23.4 Å². The number of ether oxygens (including phenoxy) is 1. The number of methoxy groups -OCH3 is 1. The summed E-state index contributed by atoms with van der Waals surface area (Å²) in [5, 5.41) is 9.92. The summed E-state index contributed by atoms with van der Waals surface area (Å²) in [6.07, 6.45) is 0. The third kappa shape index (κ3) is 4.39. The van der Waals surface area contributed by atoms with Crippen molar-refractivity contribution in [3.05, 3.63) is 56.9 Å². The second kappa shape index (κ2) is 8.86. The Labute approximate surface area is 177 Å². The third-order valence-corrected chi connectivity index (χ3v) is 5.36. The number of benzene rings is 1. The van der Waals surface area contributed by atoms with Crippen molar-refractivity contribution in [2.75, 3.05) is 25.6 Å². The predicted molar refractivity (Wildman–Crippen MR) is 109 cm³/mol. The molecule has 1 aliphatic rings. The van der Waals surface area contributed by atoms with Crippen molar-refractivity contribution in [3.63, 3.8) is 0 Å².